The van der Waals surface area contributed by atoms with Gasteiger partial charge in [0.25, 0.3) is 0 Å². The van der Waals surface area contributed by atoms with Crippen LogP contribution in [0.5, 0.6) is 0 Å². The highest BCUT2D eigenvalue weighted by Crippen LogP contribution is 2.29. The molecule has 0 fully saturated rings. The van der Waals surface area contributed by atoms with E-state index >= 15 is 0 Å². The van der Waals surface area contributed by atoms with Gasteiger partial charge in [0.2, 0.25) is 0 Å². The molecule has 0 unspecified atom stereocenters. The molecule has 0 saturated heterocycles. The second kappa shape index (κ2) is 6.61. The first-order chi connectivity index (χ1) is 7.88. The lowest BCUT2D eigenvalue weighted by molar-refractivity contribution is -0.0327. The summed E-state index contributed by atoms with van der Waals surface area (Å²) in [6, 6.07) is 4.22. The van der Waals surface area contributed by atoms with Crippen LogP contribution in [0, 0.1) is 5.82 Å². The van der Waals surface area contributed by atoms with Gasteiger partial charge < -0.3 is 5.32 Å². The van der Waals surface area contributed by atoms with E-state index in [2.05, 4.69) is 21.2 Å². The van der Waals surface area contributed by atoms with Crippen LogP contribution < -0.4 is 5.32 Å². The molecule has 1 rings (SSSR count). The molecular weight excluding hydrogens is 322 g/mol. The molecule has 0 bridgehead atoms. The monoisotopic (exact) mass is 331 g/mol. The average molecular weight is 332 g/mol. The minimum absolute atomic E-state index is 0.0591. The second-order valence-corrected chi connectivity index (χ2v) is 5.22. The van der Waals surface area contributed by atoms with E-state index in [-0.39, 0.29) is 29.9 Å². The van der Waals surface area contributed by atoms with Crippen molar-refractivity contribution in [1.82, 2.24) is 5.32 Å². The molecule has 0 saturated carbocycles. The van der Waals surface area contributed by atoms with Crippen molar-refractivity contribution < 1.29 is 17.6 Å². The van der Waals surface area contributed by atoms with Crippen LogP contribution >= 0.6 is 27.7 Å². The van der Waals surface area contributed by atoms with E-state index in [0.717, 1.165) is 4.47 Å². The summed E-state index contributed by atoms with van der Waals surface area (Å²) in [5.74, 6) is -0.425. The van der Waals surface area contributed by atoms with Crippen molar-refractivity contribution in [3.63, 3.8) is 0 Å². The minimum atomic E-state index is -4.19. The predicted molar refractivity (Wildman–Crippen MR) is 64.3 cm³/mol. The number of thioether (sulfide) groups is 1. The highest BCUT2D eigenvalue weighted by Gasteiger charge is 2.27. The molecule has 1 N–H and O–H groups in total. The summed E-state index contributed by atoms with van der Waals surface area (Å²) >= 11 is 3.17. The maximum atomic E-state index is 12.9. The maximum Gasteiger partial charge on any atom is 0.441 e. The molecule has 1 aromatic rings. The zero-order chi connectivity index (χ0) is 12.9. The predicted octanol–water partition coefficient (Wildman–Crippen LogP) is 3.93. The summed E-state index contributed by atoms with van der Waals surface area (Å²) in [4.78, 5) is 0. The summed E-state index contributed by atoms with van der Waals surface area (Å²) in [5.41, 5.74) is -3.51. The molecular formula is C10H10BrF4NS. The fourth-order valence-corrected chi connectivity index (χ4v) is 2.01. The highest BCUT2D eigenvalue weighted by atomic mass is 79.9. The first-order valence-corrected chi connectivity index (χ1v) is 6.52. The summed E-state index contributed by atoms with van der Waals surface area (Å²) in [6.07, 6.45) is 0. The zero-order valence-corrected chi connectivity index (χ0v) is 11.1. The van der Waals surface area contributed by atoms with Crippen LogP contribution in [0.2, 0.25) is 0 Å². The fraction of sp³-hybridized carbons (Fsp3) is 0.400. The summed E-state index contributed by atoms with van der Waals surface area (Å²) in [7, 11) is 0. The lowest BCUT2D eigenvalue weighted by Gasteiger charge is -2.08. The minimum Gasteiger partial charge on any atom is -0.312 e. The van der Waals surface area contributed by atoms with Crippen LogP contribution in [0.25, 0.3) is 0 Å². The van der Waals surface area contributed by atoms with Crippen molar-refractivity contribution in [3.8, 4) is 0 Å². The standard InChI is InChI=1S/C10H10BrF4NS/c11-9-2-1-8(12)5-7(9)6-16-3-4-17-10(13,14)15/h1-2,5,16H,3-4,6H2. The van der Waals surface area contributed by atoms with E-state index in [9.17, 15) is 17.6 Å². The third-order valence-electron chi connectivity index (χ3n) is 1.87. The van der Waals surface area contributed by atoms with Crippen molar-refractivity contribution in [2.45, 2.75) is 12.1 Å². The van der Waals surface area contributed by atoms with Gasteiger partial charge in [0.15, 0.2) is 0 Å². The van der Waals surface area contributed by atoms with Crippen molar-refractivity contribution in [1.29, 1.82) is 0 Å². The van der Waals surface area contributed by atoms with E-state index in [0.29, 0.717) is 12.1 Å². The summed E-state index contributed by atoms with van der Waals surface area (Å²) < 4.78 is 49.0. The smallest absolute Gasteiger partial charge is 0.312 e. The van der Waals surface area contributed by atoms with Gasteiger partial charge in [0.05, 0.1) is 0 Å². The third kappa shape index (κ3) is 6.28. The van der Waals surface area contributed by atoms with E-state index in [1.54, 1.807) is 6.07 Å². The Bertz CT molecular complexity index is 370. The van der Waals surface area contributed by atoms with Gasteiger partial charge in [-0.3, -0.25) is 0 Å². The molecule has 1 nitrogen and oxygen atoms in total. The first-order valence-electron chi connectivity index (χ1n) is 4.74. The van der Waals surface area contributed by atoms with E-state index in [1.807, 2.05) is 0 Å². The molecule has 0 aliphatic rings. The lowest BCUT2D eigenvalue weighted by atomic mass is 10.2. The molecule has 0 amide bonds. The van der Waals surface area contributed by atoms with Crippen LogP contribution in [-0.2, 0) is 6.54 Å². The van der Waals surface area contributed by atoms with Crippen molar-refractivity contribution in [2.75, 3.05) is 12.3 Å². The Morgan fingerprint density at radius 1 is 1.29 bits per heavy atom. The zero-order valence-electron chi connectivity index (χ0n) is 8.65. The molecule has 0 heterocycles. The molecule has 0 spiro atoms. The van der Waals surface area contributed by atoms with Crippen molar-refractivity contribution >= 4 is 27.7 Å². The molecule has 7 heteroatoms. The molecule has 0 atom stereocenters. The quantitative estimate of drug-likeness (QED) is 0.648. The number of benzene rings is 1. The average Bonchev–Trinajstić information content (AvgIpc) is 2.21. The second-order valence-electron chi connectivity index (χ2n) is 3.21. The number of nitrogens with one attached hydrogen (secondary N) is 1. The van der Waals surface area contributed by atoms with Crippen LogP contribution in [0.3, 0.4) is 0 Å². The van der Waals surface area contributed by atoms with E-state index in [1.165, 1.54) is 12.1 Å². The van der Waals surface area contributed by atoms with Gasteiger partial charge in [-0.05, 0) is 35.5 Å². The van der Waals surface area contributed by atoms with Gasteiger partial charge in [-0.2, -0.15) is 13.2 Å². The van der Waals surface area contributed by atoms with Crippen molar-refractivity contribution in [3.05, 3.63) is 34.1 Å². The molecule has 17 heavy (non-hydrogen) atoms. The van der Waals surface area contributed by atoms with Crippen LogP contribution in [-0.4, -0.2) is 17.8 Å². The van der Waals surface area contributed by atoms with Gasteiger partial charge in [0, 0.05) is 23.3 Å². The third-order valence-corrected chi connectivity index (χ3v) is 3.38. The Morgan fingerprint density at radius 3 is 2.65 bits per heavy atom. The van der Waals surface area contributed by atoms with E-state index in [4.69, 9.17) is 0 Å². The SMILES string of the molecule is Fc1ccc(Br)c(CNCCSC(F)(F)F)c1. The number of alkyl halides is 3. The first kappa shape index (κ1) is 14.8. The Labute approximate surface area is 109 Å². The highest BCUT2D eigenvalue weighted by molar-refractivity contribution is 9.10. The van der Waals surface area contributed by atoms with Crippen molar-refractivity contribution in [2.24, 2.45) is 0 Å². The lowest BCUT2D eigenvalue weighted by Crippen LogP contribution is -2.18. The fourth-order valence-electron chi connectivity index (χ4n) is 1.14. The molecule has 96 valence electrons. The largest absolute Gasteiger partial charge is 0.441 e. The number of halogens is 5. The molecule has 0 aromatic heterocycles. The summed E-state index contributed by atoms with van der Waals surface area (Å²) in [6.45, 7) is 0.546. The van der Waals surface area contributed by atoms with Gasteiger partial charge in [0.1, 0.15) is 5.82 Å². The molecule has 0 radical (unpaired) electrons. The Balaban J connectivity index is 2.29. The van der Waals surface area contributed by atoms with Crippen LogP contribution in [0.4, 0.5) is 17.6 Å². The Hall–Kier alpha value is -0.270. The Morgan fingerprint density at radius 2 is 2.00 bits per heavy atom. The normalized spacial score (nSPS) is 11.8. The molecule has 0 aliphatic heterocycles. The van der Waals surface area contributed by atoms with Gasteiger partial charge in [-0.25, -0.2) is 4.39 Å². The molecule has 1 aromatic carbocycles. The van der Waals surface area contributed by atoms with Crippen LogP contribution in [0.1, 0.15) is 5.56 Å². The van der Waals surface area contributed by atoms with Gasteiger partial charge in [-0.1, -0.05) is 15.9 Å². The van der Waals surface area contributed by atoms with Gasteiger partial charge >= 0.3 is 5.51 Å². The Kier molecular flexibility index (Phi) is 5.75. The van der Waals surface area contributed by atoms with E-state index < -0.39 is 5.51 Å². The number of hydrogen-bond donors (Lipinski definition) is 1. The number of rotatable bonds is 5. The topological polar surface area (TPSA) is 12.0 Å². The summed E-state index contributed by atoms with van der Waals surface area (Å²) in [5, 5.41) is 2.82. The maximum absolute atomic E-state index is 12.9. The number of hydrogen-bond acceptors (Lipinski definition) is 2. The van der Waals surface area contributed by atoms with Gasteiger partial charge in [-0.15, -0.1) is 0 Å². The molecule has 0 aliphatic carbocycles. The van der Waals surface area contributed by atoms with Crippen LogP contribution in [0.15, 0.2) is 22.7 Å².